The minimum absolute atomic E-state index is 0.141. The lowest BCUT2D eigenvalue weighted by Gasteiger charge is -2.43. The third kappa shape index (κ3) is 2.89. The summed E-state index contributed by atoms with van der Waals surface area (Å²) in [5, 5.41) is 0. The van der Waals surface area contributed by atoms with Crippen LogP contribution in [0, 0.1) is 13.8 Å². The molecule has 1 aliphatic heterocycles. The molecule has 2 aromatic carbocycles. The molecular weight excluding hydrogens is 342 g/mol. The number of Topliss-reactive ketones (excluding diaryl/α,β-unsaturated/α-hetero) is 1. The molecule has 2 aromatic rings. The highest BCUT2D eigenvalue weighted by Gasteiger charge is 2.57. The molecule has 0 bridgehead atoms. The van der Waals surface area contributed by atoms with Gasteiger partial charge in [0.25, 0.3) is 0 Å². The van der Waals surface area contributed by atoms with Gasteiger partial charge in [-0.2, -0.15) is 0 Å². The number of ether oxygens (including phenoxy) is 1. The zero-order chi connectivity index (χ0) is 17.5. The topological polar surface area (TPSA) is 38.3 Å². The third-order valence-corrected chi connectivity index (χ3v) is 6.25. The summed E-state index contributed by atoms with van der Waals surface area (Å²) in [4.78, 5) is 13.0. The number of aryl methyl sites for hydroxylation is 2. The Kier molecular flexibility index (Phi) is 4.30. The highest BCUT2D eigenvalue weighted by atomic mass is 35.5. The summed E-state index contributed by atoms with van der Waals surface area (Å²) >= 11 is 7.99. The molecule has 0 radical (unpaired) electrons. The Morgan fingerprint density at radius 2 is 1.71 bits per heavy atom. The molecule has 1 atom stereocenters. The molecule has 3 rings (SSSR count). The number of para-hydroxylation sites is 1. The molecular formula is C19H20ClNO2S. The van der Waals surface area contributed by atoms with Crippen molar-refractivity contribution >= 4 is 35.0 Å². The summed E-state index contributed by atoms with van der Waals surface area (Å²) in [5.41, 5.74) is 2.87. The van der Waals surface area contributed by atoms with Gasteiger partial charge in [0.15, 0.2) is 0 Å². The number of hydrogen-bond donors (Lipinski definition) is 1. The Bertz CT molecular complexity index is 785. The summed E-state index contributed by atoms with van der Waals surface area (Å²) < 4.78 is 8.00. The van der Waals surface area contributed by atoms with E-state index in [0.717, 1.165) is 16.8 Å². The zero-order valence-corrected chi connectivity index (χ0v) is 15.7. The van der Waals surface area contributed by atoms with E-state index in [9.17, 15) is 4.79 Å². The van der Waals surface area contributed by atoms with Crippen LogP contribution in [-0.4, -0.2) is 15.6 Å². The number of nitrogens with one attached hydrogen (secondary N) is 1. The van der Waals surface area contributed by atoms with Crippen molar-refractivity contribution in [1.82, 2.24) is 0 Å². The maximum Gasteiger partial charge on any atom is 0.210 e. The Morgan fingerprint density at radius 3 is 2.38 bits per heavy atom. The van der Waals surface area contributed by atoms with Crippen molar-refractivity contribution in [2.75, 3.05) is 4.72 Å². The maximum atomic E-state index is 13.0. The molecule has 126 valence electrons. The van der Waals surface area contributed by atoms with E-state index in [2.05, 4.69) is 10.8 Å². The number of halogens is 1. The average Bonchev–Trinajstić information content (AvgIpc) is 2.50. The molecule has 1 aliphatic rings. The van der Waals surface area contributed by atoms with Crippen LogP contribution in [0.4, 0.5) is 5.69 Å². The van der Waals surface area contributed by atoms with Crippen LogP contribution in [0.1, 0.15) is 35.3 Å². The average molecular weight is 362 g/mol. The number of alkyl halides is 1. The van der Waals surface area contributed by atoms with Crippen molar-refractivity contribution in [1.29, 1.82) is 0 Å². The van der Waals surface area contributed by atoms with E-state index < -0.39 is 9.81 Å². The molecule has 1 heterocycles. The number of ketones is 1. The second-order valence-corrected chi connectivity index (χ2v) is 8.43. The molecule has 24 heavy (non-hydrogen) atoms. The molecule has 0 unspecified atom stereocenters. The highest BCUT2D eigenvalue weighted by molar-refractivity contribution is 8.04. The molecule has 0 aliphatic carbocycles. The van der Waals surface area contributed by atoms with Gasteiger partial charge in [0.05, 0.1) is 5.56 Å². The summed E-state index contributed by atoms with van der Waals surface area (Å²) in [7, 11) is 0. The van der Waals surface area contributed by atoms with Crippen LogP contribution in [0.25, 0.3) is 0 Å². The quantitative estimate of drug-likeness (QED) is 0.590. The third-order valence-electron chi connectivity index (χ3n) is 4.09. The van der Waals surface area contributed by atoms with Crippen molar-refractivity contribution in [3.8, 4) is 5.75 Å². The minimum atomic E-state index is -1.26. The molecule has 0 amide bonds. The SMILES string of the molecule is Cc1cc(C)cc(NS[C@]2(Cl)C(=O)c3ccccc3OC2(C)C)c1. The van der Waals surface area contributed by atoms with Gasteiger partial charge in [-0.3, -0.25) is 4.79 Å². The summed E-state index contributed by atoms with van der Waals surface area (Å²) in [6, 6.07) is 13.4. The number of fused-ring (bicyclic) bond motifs is 1. The number of carbonyl (C=O) groups excluding carboxylic acids is 1. The van der Waals surface area contributed by atoms with Crippen LogP contribution in [0.2, 0.25) is 0 Å². The van der Waals surface area contributed by atoms with Crippen LogP contribution in [0.3, 0.4) is 0 Å². The van der Waals surface area contributed by atoms with Crippen molar-refractivity contribution in [3.63, 3.8) is 0 Å². The molecule has 0 saturated carbocycles. The normalized spacial score (nSPS) is 21.8. The van der Waals surface area contributed by atoms with Crippen LogP contribution < -0.4 is 9.46 Å². The number of hydrogen-bond acceptors (Lipinski definition) is 4. The van der Waals surface area contributed by atoms with Gasteiger partial charge in [-0.25, -0.2) is 0 Å². The van der Waals surface area contributed by atoms with Gasteiger partial charge < -0.3 is 9.46 Å². The largest absolute Gasteiger partial charge is 0.484 e. The first-order chi connectivity index (χ1) is 11.2. The molecule has 0 saturated heterocycles. The van der Waals surface area contributed by atoms with Crippen LogP contribution in [-0.2, 0) is 0 Å². The molecule has 0 fully saturated rings. The lowest BCUT2D eigenvalue weighted by molar-refractivity contribution is 0.0579. The van der Waals surface area contributed by atoms with Crippen molar-refractivity contribution in [2.45, 2.75) is 37.5 Å². The summed E-state index contributed by atoms with van der Waals surface area (Å²) in [6.07, 6.45) is 0. The van der Waals surface area contributed by atoms with Crippen LogP contribution in [0.15, 0.2) is 42.5 Å². The lowest BCUT2D eigenvalue weighted by atomic mass is 9.92. The molecule has 3 nitrogen and oxygen atoms in total. The van der Waals surface area contributed by atoms with Crippen molar-refractivity contribution < 1.29 is 9.53 Å². The van der Waals surface area contributed by atoms with Gasteiger partial charge in [0, 0.05) is 5.69 Å². The fourth-order valence-corrected chi connectivity index (χ4v) is 3.99. The van der Waals surface area contributed by atoms with E-state index in [1.54, 1.807) is 12.1 Å². The van der Waals surface area contributed by atoms with E-state index in [1.165, 1.54) is 11.9 Å². The molecule has 0 spiro atoms. The van der Waals surface area contributed by atoms with Gasteiger partial charge in [-0.1, -0.05) is 29.8 Å². The fourth-order valence-electron chi connectivity index (χ4n) is 2.86. The van der Waals surface area contributed by atoms with Gasteiger partial charge in [0.2, 0.25) is 9.99 Å². The Labute approximate surface area is 151 Å². The standard InChI is InChI=1S/C19H20ClNO2S/c1-12-9-13(2)11-14(10-12)21-24-19(20)17(22)15-7-5-6-8-16(15)23-18(19,3)4/h5-11,21H,1-4H3/t19-/m1/s1. The lowest BCUT2D eigenvalue weighted by Crippen LogP contribution is -2.56. The maximum absolute atomic E-state index is 13.0. The van der Waals surface area contributed by atoms with Crippen LogP contribution >= 0.6 is 23.5 Å². The highest BCUT2D eigenvalue weighted by Crippen LogP contribution is 2.49. The molecule has 1 N–H and O–H groups in total. The van der Waals surface area contributed by atoms with E-state index in [4.69, 9.17) is 16.3 Å². The first-order valence-corrected chi connectivity index (χ1v) is 8.96. The second-order valence-electron chi connectivity index (χ2n) is 6.61. The predicted octanol–water partition coefficient (Wildman–Crippen LogP) is 5.35. The zero-order valence-electron chi connectivity index (χ0n) is 14.1. The van der Waals surface area contributed by atoms with Gasteiger partial charge >= 0.3 is 0 Å². The van der Waals surface area contributed by atoms with Gasteiger partial charge in [-0.15, -0.1) is 0 Å². The first kappa shape index (κ1) is 17.2. The van der Waals surface area contributed by atoms with Gasteiger partial charge in [-0.05, 0) is 75.0 Å². The van der Waals surface area contributed by atoms with Crippen molar-refractivity contribution in [2.24, 2.45) is 0 Å². The Hall–Kier alpha value is -1.65. The van der Waals surface area contributed by atoms with Crippen LogP contribution in [0.5, 0.6) is 5.75 Å². The monoisotopic (exact) mass is 361 g/mol. The van der Waals surface area contributed by atoms with Crippen molar-refractivity contribution in [3.05, 3.63) is 59.2 Å². The number of anilines is 1. The summed E-state index contributed by atoms with van der Waals surface area (Å²) in [6.45, 7) is 7.75. The fraction of sp³-hybridized carbons (Fsp3) is 0.316. The van der Waals surface area contributed by atoms with E-state index >= 15 is 0 Å². The smallest absolute Gasteiger partial charge is 0.210 e. The minimum Gasteiger partial charge on any atom is -0.484 e. The number of benzene rings is 2. The molecule has 0 aromatic heterocycles. The Morgan fingerprint density at radius 1 is 1.08 bits per heavy atom. The van der Waals surface area contributed by atoms with E-state index in [1.807, 2.05) is 52.0 Å². The number of carbonyl (C=O) groups is 1. The second kappa shape index (κ2) is 6.01. The Balaban J connectivity index is 1.92. The van der Waals surface area contributed by atoms with E-state index in [-0.39, 0.29) is 5.78 Å². The molecule has 5 heteroatoms. The van der Waals surface area contributed by atoms with E-state index in [0.29, 0.717) is 11.3 Å². The number of rotatable bonds is 3. The predicted molar refractivity (Wildman–Crippen MR) is 101 cm³/mol. The first-order valence-electron chi connectivity index (χ1n) is 7.77. The summed E-state index contributed by atoms with van der Waals surface area (Å²) in [5.74, 6) is 0.439. The van der Waals surface area contributed by atoms with Gasteiger partial charge in [0.1, 0.15) is 11.4 Å².